The van der Waals surface area contributed by atoms with Gasteiger partial charge < -0.3 is 10.1 Å². The Balaban J connectivity index is 1.81. The summed E-state index contributed by atoms with van der Waals surface area (Å²) in [5.41, 5.74) is 1.88. The molecule has 6 nitrogen and oxygen atoms in total. The molecule has 1 N–H and O–H groups in total. The average molecular weight is 455 g/mol. The summed E-state index contributed by atoms with van der Waals surface area (Å²) in [6, 6.07) is 10.6. The van der Waals surface area contributed by atoms with Crippen molar-refractivity contribution >= 4 is 45.8 Å². The molecule has 0 radical (unpaired) electrons. The summed E-state index contributed by atoms with van der Waals surface area (Å²) in [4.78, 5) is 16.4. The van der Waals surface area contributed by atoms with E-state index in [1.54, 1.807) is 35.3 Å². The van der Waals surface area contributed by atoms with Crippen LogP contribution in [0.5, 0.6) is 5.75 Å². The van der Waals surface area contributed by atoms with E-state index in [0.29, 0.717) is 22.0 Å². The Morgan fingerprint density at radius 1 is 1.29 bits per heavy atom. The van der Waals surface area contributed by atoms with Gasteiger partial charge in [0, 0.05) is 9.26 Å². The molecule has 3 rings (SSSR count). The Hall–Kier alpha value is -2.13. The van der Waals surface area contributed by atoms with Gasteiger partial charge in [0.15, 0.2) is 0 Å². The number of amides is 1. The monoisotopic (exact) mass is 454 g/mol. The standard InChI is InChI=1S/C16H12ClIN4O2/c1-24-15-7-14(18)13(17)6-12(15)16(23)21-10-2-4-11(5-3-10)22-9-19-8-20-22/h2-9H,1H3,(H,21,23). The maximum absolute atomic E-state index is 12.5. The molecule has 8 heteroatoms. The van der Waals surface area contributed by atoms with E-state index in [4.69, 9.17) is 16.3 Å². The highest BCUT2D eigenvalue weighted by atomic mass is 127. The highest BCUT2D eigenvalue weighted by Gasteiger charge is 2.15. The number of hydrogen-bond acceptors (Lipinski definition) is 4. The van der Waals surface area contributed by atoms with Gasteiger partial charge in [-0.25, -0.2) is 9.67 Å². The predicted octanol–water partition coefficient (Wildman–Crippen LogP) is 3.79. The molecule has 0 bridgehead atoms. The van der Waals surface area contributed by atoms with Gasteiger partial charge in [0.1, 0.15) is 18.4 Å². The molecule has 0 aliphatic carbocycles. The highest BCUT2D eigenvalue weighted by Crippen LogP contribution is 2.29. The second-order valence-corrected chi connectivity index (χ2v) is 6.38. The third-order valence-electron chi connectivity index (χ3n) is 3.30. The summed E-state index contributed by atoms with van der Waals surface area (Å²) in [5, 5.41) is 7.38. The molecule has 122 valence electrons. The topological polar surface area (TPSA) is 69.0 Å². The molecule has 0 saturated heterocycles. The Kier molecular flexibility index (Phi) is 5.00. The normalized spacial score (nSPS) is 10.5. The van der Waals surface area contributed by atoms with Crippen LogP contribution in [0.1, 0.15) is 10.4 Å². The van der Waals surface area contributed by atoms with Crippen LogP contribution in [0, 0.1) is 3.57 Å². The molecule has 3 aromatic rings. The van der Waals surface area contributed by atoms with Crippen molar-refractivity contribution < 1.29 is 9.53 Å². The first-order valence-electron chi connectivity index (χ1n) is 6.88. The molecule has 0 aliphatic heterocycles. The minimum atomic E-state index is -0.293. The van der Waals surface area contributed by atoms with Crippen LogP contribution in [-0.4, -0.2) is 27.8 Å². The first-order valence-corrected chi connectivity index (χ1v) is 8.33. The van der Waals surface area contributed by atoms with Crippen LogP contribution < -0.4 is 10.1 Å². The van der Waals surface area contributed by atoms with Gasteiger partial charge >= 0.3 is 0 Å². The SMILES string of the molecule is COc1cc(I)c(Cl)cc1C(=O)Nc1ccc(-n2cncn2)cc1. The molecule has 0 atom stereocenters. The molecule has 0 saturated carbocycles. The van der Waals surface area contributed by atoms with Crippen molar-refractivity contribution in [2.24, 2.45) is 0 Å². The van der Waals surface area contributed by atoms with E-state index < -0.39 is 0 Å². The Morgan fingerprint density at radius 3 is 2.67 bits per heavy atom. The van der Waals surface area contributed by atoms with Crippen LogP contribution in [-0.2, 0) is 0 Å². The number of rotatable bonds is 4. The number of halogens is 2. The summed E-state index contributed by atoms with van der Waals surface area (Å²) in [5.74, 6) is 0.180. The average Bonchev–Trinajstić information content (AvgIpc) is 3.12. The van der Waals surface area contributed by atoms with E-state index in [2.05, 4.69) is 38.0 Å². The van der Waals surface area contributed by atoms with Crippen molar-refractivity contribution in [2.45, 2.75) is 0 Å². The van der Waals surface area contributed by atoms with Crippen LogP contribution in [0.3, 0.4) is 0 Å². The van der Waals surface area contributed by atoms with E-state index in [-0.39, 0.29) is 5.91 Å². The smallest absolute Gasteiger partial charge is 0.259 e. The van der Waals surface area contributed by atoms with Gasteiger partial charge in [0.05, 0.1) is 23.4 Å². The molecule has 0 unspecified atom stereocenters. The number of nitrogens with one attached hydrogen (secondary N) is 1. The number of carbonyl (C=O) groups is 1. The second-order valence-electron chi connectivity index (χ2n) is 4.81. The summed E-state index contributed by atoms with van der Waals surface area (Å²) < 4.78 is 7.72. The summed E-state index contributed by atoms with van der Waals surface area (Å²) in [6.45, 7) is 0. The molecule has 2 aromatic carbocycles. The summed E-state index contributed by atoms with van der Waals surface area (Å²) in [6.07, 6.45) is 3.06. The number of methoxy groups -OCH3 is 1. The molecule has 24 heavy (non-hydrogen) atoms. The number of anilines is 1. The van der Waals surface area contributed by atoms with Gasteiger partial charge in [-0.2, -0.15) is 5.10 Å². The number of carbonyl (C=O) groups excluding carboxylic acids is 1. The van der Waals surface area contributed by atoms with Crippen molar-refractivity contribution in [3.05, 3.63) is 63.2 Å². The second kappa shape index (κ2) is 7.18. The molecular formula is C16H12ClIN4O2. The fourth-order valence-corrected chi connectivity index (χ4v) is 2.71. The zero-order valence-corrected chi connectivity index (χ0v) is 15.4. The van der Waals surface area contributed by atoms with Crippen LogP contribution in [0.25, 0.3) is 5.69 Å². The van der Waals surface area contributed by atoms with E-state index >= 15 is 0 Å². The van der Waals surface area contributed by atoms with Gasteiger partial charge in [-0.15, -0.1) is 0 Å². The summed E-state index contributed by atoms with van der Waals surface area (Å²) >= 11 is 8.20. The number of aromatic nitrogens is 3. The molecular weight excluding hydrogens is 443 g/mol. The van der Waals surface area contributed by atoms with E-state index in [1.165, 1.54) is 13.4 Å². The van der Waals surface area contributed by atoms with Crippen LogP contribution >= 0.6 is 34.2 Å². The number of hydrogen-bond donors (Lipinski definition) is 1. The molecule has 1 aromatic heterocycles. The van der Waals surface area contributed by atoms with Gasteiger partial charge in [-0.3, -0.25) is 4.79 Å². The van der Waals surface area contributed by atoms with Crippen molar-refractivity contribution in [1.29, 1.82) is 0 Å². The highest BCUT2D eigenvalue weighted by molar-refractivity contribution is 14.1. The molecule has 0 spiro atoms. The lowest BCUT2D eigenvalue weighted by Gasteiger charge is -2.11. The maximum Gasteiger partial charge on any atom is 0.259 e. The molecule has 1 amide bonds. The minimum Gasteiger partial charge on any atom is -0.496 e. The lowest BCUT2D eigenvalue weighted by Crippen LogP contribution is -2.13. The van der Waals surface area contributed by atoms with Gasteiger partial charge in [-0.05, 0) is 59.0 Å². The summed E-state index contributed by atoms with van der Waals surface area (Å²) in [7, 11) is 1.52. The zero-order chi connectivity index (χ0) is 17.1. The Morgan fingerprint density at radius 2 is 2.04 bits per heavy atom. The fraction of sp³-hybridized carbons (Fsp3) is 0.0625. The zero-order valence-electron chi connectivity index (χ0n) is 12.5. The van der Waals surface area contributed by atoms with Gasteiger partial charge in [0.2, 0.25) is 0 Å². The van der Waals surface area contributed by atoms with Gasteiger partial charge in [0.25, 0.3) is 5.91 Å². The van der Waals surface area contributed by atoms with E-state index in [9.17, 15) is 4.79 Å². The molecule has 0 fully saturated rings. The Bertz CT molecular complexity index is 867. The molecule has 1 heterocycles. The largest absolute Gasteiger partial charge is 0.496 e. The third kappa shape index (κ3) is 3.51. The first-order chi connectivity index (χ1) is 11.6. The van der Waals surface area contributed by atoms with Gasteiger partial charge in [-0.1, -0.05) is 11.6 Å². The quantitative estimate of drug-likeness (QED) is 0.609. The van der Waals surface area contributed by atoms with E-state index in [0.717, 1.165) is 9.26 Å². The molecule has 0 aliphatic rings. The van der Waals surface area contributed by atoms with Crippen molar-refractivity contribution in [2.75, 3.05) is 12.4 Å². The van der Waals surface area contributed by atoms with E-state index in [1.807, 2.05) is 12.1 Å². The minimum absolute atomic E-state index is 0.293. The fourth-order valence-electron chi connectivity index (χ4n) is 2.11. The maximum atomic E-state index is 12.5. The number of ether oxygens (including phenoxy) is 1. The number of benzene rings is 2. The van der Waals surface area contributed by atoms with Crippen LogP contribution in [0.2, 0.25) is 5.02 Å². The Labute approximate surface area is 156 Å². The predicted molar refractivity (Wildman–Crippen MR) is 100 cm³/mol. The van der Waals surface area contributed by atoms with Crippen LogP contribution in [0.15, 0.2) is 49.1 Å². The van der Waals surface area contributed by atoms with Crippen LogP contribution in [0.4, 0.5) is 5.69 Å². The lowest BCUT2D eigenvalue weighted by molar-refractivity contribution is 0.102. The van der Waals surface area contributed by atoms with Crippen molar-refractivity contribution in [3.8, 4) is 11.4 Å². The third-order valence-corrected chi connectivity index (χ3v) is 4.82. The van der Waals surface area contributed by atoms with Crippen molar-refractivity contribution in [1.82, 2.24) is 14.8 Å². The number of nitrogens with zero attached hydrogens (tertiary/aromatic N) is 3. The lowest BCUT2D eigenvalue weighted by atomic mass is 10.1. The first kappa shape index (κ1) is 16.7. The van der Waals surface area contributed by atoms with Crippen molar-refractivity contribution in [3.63, 3.8) is 0 Å².